The first-order valence-electron chi connectivity index (χ1n) is 7.29. The van der Waals surface area contributed by atoms with Gasteiger partial charge in [0.25, 0.3) is 0 Å². The number of halogens is 1. The third-order valence-electron chi connectivity index (χ3n) is 4.39. The Kier molecular flexibility index (Phi) is 3.64. The second-order valence-electron chi connectivity index (χ2n) is 5.75. The topological polar surface area (TPSA) is 29.9 Å². The van der Waals surface area contributed by atoms with Crippen LogP contribution in [0.4, 0.5) is 5.82 Å². The highest BCUT2D eigenvalue weighted by molar-refractivity contribution is 9.10. The minimum Gasteiger partial charge on any atom is -0.369 e. The highest BCUT2D eigenvalue weighted by atomic mass is 79.9. The molecule has 1 unspecified atom stereocenters. The van der Waals surface area contributed by atoms with E-state index in [1.54, 1.807) is 0 Å². The summed E-state index contributed by atoms with van der Waals surface area (Å²) in [5.74, 6) is 1.86. The van der Waals surface area contributed by atoms with Gasteiger partial charge in [-0.1, -0.05) is 25.7 Å². The van der Waals surface area contributed by atoms with Crippen molar-refractivity contribution in [3.63, 3.8) is 0 Å². The number of fused-ring (bicyclic) bond motifs is 1. The third-order valence-corrected chi connectivity index (χ3v) is 5.17. The van der Waals surface area contributed by atoms with Gasteiger partial charge < -0.3 is 5.32 Å². The van der Waals surface area contributed by atoms with Crippen molar-refractivity contribution in [2.75, 3.05) is 11.9 Å². The van der Waals surface area contributed by atoms with Crippen molar-refractivity contribution in [2.24, 2.45) is 0 Å². The Morgan fingerprint density at radius 2 is 1.89 bits per heavy atom. The van der Waals surface area contributed by atoms with Gasteiger partial charge in [-0.15, -0.1) is 0 Å². The van der Waals surface area contributed by atoms with Gasteiger partial charge in [-0.05, 0) is 42.1 Å². The molecular weight excluding hydrogens is 290 g/mol. The zero-order valence-electron chi connectivity index (χ0n) is 11.1. The molecule has 1 aliphatic carbocycles. The summed E-state index contributed by atoms with van der Waals surface area (Å²) in [6, 6.07) is 0.525. The van der Waals surface area contributed by atoms with E-state index >= 15 is 0 Å². The Balaban J connectivity index is 1.92. The first-order valence-corrected chi connectivity index (χ1v) is 8.08. The molecule has 1 aliphatic heterocycles. The molecule has 1 atom stereocenters. The number of anilines is 1. The van der Waals surface area contributed by atoms with Gasteiger partial charge in [0.1, 0.15) is 5.82 Å². The van der Waals surface area contributed by atoms with Crippen molar-refractivity contribution in [2.45, 2.75) is 63.8 Å². The second-order valence-corrected chi connectivity index (χ2v) is 6.54. The van der Waals surface area contributed by atoms with Gasteiger partial charge in [-0.25, -0.2) is 4.68 Å². The van der Waals surface area contributed by atoms with Crippen LogP contribution in [-0.2, 0) is 0 Å². The fourth-order valence-electron chi connectivity index (χ4n) is 3.24. The predicted octanol–water partition coefficient (Wildman–Crippen LogP) is 4.46. The number of hydrogen-bond donors (Lipinski definition) is 1. The molecule has 0 saturated heterocycles. The maximum atomic E-state index is 4.90. The van der Waals surface area contributed by atoms with E-state index in [-0.39, 0.29) is 0 Å². The van der Waals surface area contributed by atoms with Crippen LogP contribution in [0.2, 0.25) is 0 Å². The number of nitrogens with zero attached hydrogens (tertiary/aromatic N) is 2. The molecule has 3 nitrogen and oxygen atoms in total. The van der Waals surface area contributed by atoms with Gasteiger partial charge in [0.2, 0.25) is 0 Å². The van der Waals surface area contributed by atoms with Crippen molar-refractivity contribution in [1.29, 1.82) is 0 Å². The largest absolute Gasteiger partial charge is 0.369 e. The summed E-state index contributed by atoms with van der Waals surface area (Å²) in [6.45, 7) is 3.33. The minimum atomic E-state index is 0.525. The van der Waals surface area contributed by atoms with E-state index in [1.165, 1.54) is 60.9 Å². The van der Waals surface area contributed by atoms with Crippen LogP contribution >= 0.6 is 15.9 Å². The Bertz CT molecular complexity index is 419. The van der Waals surface area contributed by atoms with Crippen LogP contribution in [0, 0.1) is 0 Å². The standard InChI is InChI=1S/C14H22BrN3/c1-10-8-9-16-14-12(15)13(17-18(10)14)11-6-4-2-3-5-7-11/h10-11,16H,2-9H2,1H3. The fraction of sp³-hybridized carbons (Fsp3) is 0.786. The molecule has 0 radical (unpaired) electrons. The summed E-state index contributed by atoms with van der Waals surface area (Å²) in [4.78, 5) is 0. The summed E-state index contributed by atoms with van der Waals surface area (Å²) in [5.41, 5.74) is 1.30. The molecule has 1 saturated carbocycles. The molecule has 0 aromatic carbocycles. The lowest BCUT2D eigenvalue weighted by atomic mass is 9.97. The molecular formula is C14H22BrN3. The van der Waals surface area contributed by atoms with Crippen LogP contribution in [0.3, 0.4) is 0 Å². The number of rotatable bonds is 1. The lowest BCUT2D eigenvalue weighted by Crippen LogP contribution is -2.21. The summed E-state index contributed by atoms with van der Waals surface area (Å²) >= 11 is 3.78. The molecule has 1 aromatic rings. The highest BCUT2D eigenvalue weighted by Gasteiger charge is 2.27. The van der Waals surface area contributed by atoms with Gasteiger partial charge in [0, 0.05) is 12.5 Å². The quantitative estimate of drug-likeness (QED) is 0.776. The molecule has 1 fully saturated rings. The van der Waals surface area contributed by atoms with Crippen molar-refractivity contribution in [3.8, 4) is 0 Å². The van der Waals surface area contributed by atoms with Crippen LogP contribution in [-0.4, -0.2) is 16.3 Å². The van der Waals surface area contributed by atoms with E-state index in [4.69, 9.17) is 5.10 Å². The zero-order valence-corrected chi connectivity index (χ0v) is 12.7. The maximum absolute atomic E-state index is 4.90. The van der Waals surface area contributed by atoms with Crippen molar-refractivity contribution in [1.82, 2.24) is 9.78 Å². The summed E-state index contributed by atoms with van der Waals surface area (Å²) in [6.07, 6.45) is 9.31. The molecule has 2 aliphatic rings. The van der Waals surface area contributed by atoms with Gasteiger partial charge in [0.05, 0.1) is 16.2 Å². The Hall–Kier alpha value is -0.510. The minimum absolute atomic E-state index is 0.525. The number of aromatic nitrogens is 2. The molecule has 0 spiro atoms. The van der Waals surface area contributed by atoms with Gasteiger partial charge in [-0.2, -0.15) is 5.10 Å². The summed E-state index contributed by atoms with van der Waals surface area (Å²) < 4.78 is 3.41. The molecule has 2 heterocycles. The van der Waals surface area contributed by atoms with E-state index < -0.39 is 0 Å². The lowest BCUT2D eigenvalue weighted by molar-refractivity contribution is 0.442. The van der Waals surface area contributed by atoms with Crippen LogP contribution < -0.4 is 5.32 Å². The maximum Gasteiger partial charge on any atom is 0.139 e. The van der Waals surface area contributed by atoms with Crippen LogP contribution in [0.15, 0.2) is 4.47 Å². The van der Waals surface area contributed by atoms with Crippen molar-refractivity contribution < 1.29 is 0 Å². The molecule has 100 valence electrons. The molecule has 4 heteroatoms. The number of nitrogens with one attached hydrogen (secondary N) is 1. The Labute approximate surface area is 117 Å². The fourth-order valence-corrected chi connectivity index (χ4v) is 3.97. The Morgan fingerprint density at radius 1 is 1.17 bits per heavy atom. The Morgan fingerprint density at radius 3 is 2.56 bits per heavy atom. The predicted molar refractivity (Wildman–Crippen MR) is 78.2 cm³/mol. The molecule has 0 bridgehead atoms. The average Bonchev–Trinajstić information content (AvgIpc) is 2.57. The van der Waals surface area contributed by atoms with Gasteiger partial charge >= 0.3 is 0 Å². The summed E-state index contributed by atoms with van der Waals surface area (Å²) in [7, 11) is 0. The molecule has 18 heavy (non-hydrogen) atoms. The van der Waals surface area contributed by atoms with Gasteiger partial charge in [0.15, 0.2) is 0 Å². The lowest BCUT2D eigenvalue weighted by Gasteiger charge is -2.22. The van der Waals surface area contributed by atoms with E-state index in [0.29, 0.717) is 12.0 Å². The highest BCUT2D eigenvalue weighted by Crippen LogP contribution is 2.40. The average molecular weight is 312 g/mol. The molecule has 1 N–H and O–H groups in total. The first-order chi connectivity index (χ1) is 8.77. The SMILES string of the molecule is CC1CCNc2c(Br)c(C3CCCCCC3)nn21. The van der Waals surface area contributed by atoms with Gasteiger partial charge in [-0.3, -0.25) is 0 Å². The molecule has 0 amide bonds. The van der Waals surface area contributed by atoms with Crippen LogP contribution in [0.25, 0.3) is 0 Å². The zero-order chi connectivity index (χ0) is 12.5. The first kappa shape index (κ1) is 12.5. The second kappa shape index (κ2) is 5.24. The molecule has 1 aromatic heterocycles. The van der Waals surface area contributed by atoms with E-state index in [1.807, 2.05) is 0 Å². The normalized spacial score (nSPS) is 25.3. The monoisotopic (exact) mass is 311 g/mol. The third kappa shape index (κ3) is 2.20. The van der Waals surface area contributed by atoms with Crippen molar-refractivity contribution >= 4 is 21.7 Å². The molecule has 3 rings (SSSR count). The van der Waals surface area contributed by atoms with E-state index in [2.05, 4.69) is 32.9 Å². The van der Waals surface area contributed by atoms with E-state index in [9.17, 15) is 0 Å². The van der Waals surface area contributed by atoms with Crippen LogP contribution in [0.1, 0.15) is 69.5 Å². The number of hydrogen-bond acceptors (Lipinski definition) is 2. The smallest absolute Gasteiger partial charge is 0.139 e. The van der Waals surface area contributed by atoms with E-state index in [0.717, 1.165) is 6.54 Å². The van der Waals surface area contributed by atoms with Crippen molar-refractivity contribution in [3.05, 3.63) is 10.2 Å². The van der Waals surface area contributed by atoms with Crippen LogP contribution in [0.5, 0.6) is 0 Å². The summed E-state index contributed by atoms with van der Waals surface area (Å²) in [5, 5.41) is 8.39.